The van der Waals surface area contributed by atoms with Crippen molar-refractivity contribution in [3.05, 3.63) is 11.4 Å². The van der Waals surface area contributed by atoms with Crippen LogP contribution in [0.15, 0.2) is 0 Å². The summed E-state index contributed by atoms with van der Waals surface area (Å²) in [5, 5.41) is 0. The average Bonchev–Trinajstić information content (AvgIpc) is 1.85. The van der Waals surface area contributed by atoms with Crippen LogP contribution >= 0.6 is 0 Å². The first-order valence-corrected chi connectivity index (χ1v) is 3.68. The molecule has 0 saturated carbocycles. The molecule has 0 aliphatic heterocycles. The van der Waals surface area contributed by atoms with Gasteiger partial charge in [0.1, 0.15) is 0 Å². The maximum Gasteiger partial charge on any atom is 0.270 e. The summed E-state index contributed by atoms with van der Waals surface area (Å²) in [5.41, 5.74) is 0. The van der Waals surface area contributed by atoms with Gasteiger partial charge in [0.15, 0.2) is 0 Å². The van der Waals surface area contributed by atoms with E-state index < -0.39 is 0 Å². The summed E-state index contributed by atoms with van der Waals surface area (Å²) in [6, 6.07) is 0. The molecule has 0 bridgehead atoms. The fourth-order valence-corrected chi connectivity index (χ4v) is 0.670. The van der Waals surface area contributed by atoms with Gasteiger partial charge in [-0.05, 0) is 19.4 Å². The van der Waals surface area contributed by atoms with E-state index in [1.165, 1.54) is 6.42 Å². The smallest absolute Gasteiger partial charge is 0.270 e. The molecule has 58 valence electrons. The Morgan fingerprint density at radius 3 is 2.50 bits per heavy atom. The maximum atomic E-state index is 6.60. The Hall–Kier alpha value is -0.550. The van der Waals surface area contributed by atoms with E-state index in [0.717, 1.165) is 12.5 Å². The molecular weight excluding hydrogens is 124 g/mol. The molecule has 2 heteroatoms. The fraction of sp³-hybridized carbons (Fsp3) is 0.875. The second-order valence-corrected chi connectivity index (χ2v) is 3.06. The van der Waals surface area contributed by atoms with Gasteiger partial charge < -0.3 is 0 Å². The Morgan fingerprint density at radius 1 is 1.50 bits per heavy atom. The van der Waals surface area contributed by atoms with Crippen LogP contribution in [0.5, 0.6) is 0 Å². The van der Waals surface area contributed by atoms with Gasteiger partial charge in [-0.25, -0.2) is 11.5 Å². The van der Waals surface area contributed by atoms with Crippen molar-refractivity contribution in [2.24, 2.45) is 5.92 Å². The van der Waals surface area contributed by atoms with Crippen molar-refractivity contribution in [1.82, 2.24) is 4.90 Å². The van der Waals surface area contributed by atoms with Crippen LogP contribution in [0, 0.1) is 12.5 Å². The molecule has 0 radical (unpaired) electrons. The molecule has 10 heavy (non-hydrogen) atoms. The molecule has 0 aliphatic carbocycles. The number of nitrogens with zero attached hydrogens (tertiary/aromatic N) is 2. The summed E-state index contributed by atoms with van der Waals surface area (Å²) in [6.45, 7) is 12.6. The zero-order valence-corrected chi connectivity index (χ0v) is 7.09. The lowest BCUT2D eigenvalue weighted by molar-refractivity contribution is 0.338. The normalized spacial score (nSPS) is 10.4. The lowest BCUT2D eigenvalue weighted by Crippen LogP contribution is -2.19. The van der Waals surface area contributed by atoms with Crippen molar-refractivity contribution in [3.63, 3.8) is 0 Å². The Kier molecular flexibility index (Phi) is 4.96. The lowest BCUT2D eigenvalue weighted by atomic mass is 10.1. The quantitative estimate of drug-likeness (QED) is 0.541. The molecule has 0 rings (SSSR count). The van der Waals surface area contributed by atoms with Crippen molar-refractivity contribution in [1.29, 1.82) is 0 Å². The van der Waals surface area contributed by atoms with E-state index in [4.69, 9.17) is 6.57 Å². The third kappa shape index (κ3) is 5.58. The molecule has 0 saturated heterocycles. The molecule has 0 aromatic heterocycles. The Morgan fingerprint density at radius 2 is 2.10 bits per heavy atom. The minimum atomic E-state index is 0.534. The van der Waals surface area contributed by atoms with Crippen LogP contribution in [0.2, 0.25) is 0 Å². The van der Waals surface area contributed by atoms with Crippen LogP contribution in [0.3, 0.4) is 0 Å². The molecule has 0 unspecified atom stereocenters. The third-order valence-electron chi connectivity index (χ3n) is 1.40. The molecule has 0 aromatic carbocycles. The number of hydrogen-bond acceptors (Lipinski definition) is 1. The predicted molar refractivity (Wildman–Crippen MR) is 43.6 cm³/mol. The van der Waals surface area contributed by atoms with Crippen molar-refractivity contribution in [3.8, 4) is 0 Å². The minimum absolute atomic E-state index is 0.534. The highest BCUT2D eigenvalue weighted by Crippen LogP contribution is 1.99. The molecule has 0 fully saturated rings. The van der Waals surface area contributed by atoms with Crippen LogP contribution in [0.1, 0.15) is 20.3 Å². The van der Waals surface area contributed by atoms with Crippen LogP contribution in [0.25, 0.3) is 4.85 Å². The fourth-order valence-electron chi connectivity index (χ4n) is 0.670. The van der Waals surface area contributed by atoms with Crippen LogP contribution in [0.4, 0.5) is 0 Å². The lowest BCUT2D eigenvalue weighted by Gasteiger charge is -2.10. The first-order chi connectivity index (χ1) is 4.66. The van der Waals surface area contributed by atoms with Gasteiger partial charge >= 0.3 is 0 Å². The van der Waals surface area contributed by atoms with E-state index in [9.17, 15) is 0 Å². The minimum Gasteiger partial charge on any atom is -0.299 e. The number of rotatable bonds is 4. The van der Waals surface area contributed by atoms with Gasteiger partial charge in [0, 0.05) is 6.54 Å². The second kappa shape index (κ2) is 5.25. The highest BCUT2D eigenvalue weighted by Gasteiger charge is 2.00. The first-order valence-electron chi connectivity index (χ1n) is 3.68. The van der Waals surface area contributed by atoms with E-state index in [1.807, 2.05) is 11.9 Å². The third-order valence-corrected chi connectivity index (χ3v) is 1.40. The summed E-state index contributed by atoms with van der Waals surface area (Å²) in [7, 11) is 1.99. The van der Waals surface area contributed by atoms with E-state index >= 15 is 0 Å². The van der Waals surface area contributed by atoms with E-state index in [0.29, 0.717) is 6.67 Å². The van der Waals surface area contributed by atoms with Gasteiger partial charge in [-0.15, -0.1) is 0 Å². The summed E-state index contributed by atoms with van der Waals surface area (Å²) in [4.78, 5) is 5.34. The summed E-state index contributed by atoms with van der Waals surface area (Å²) < 4.78 is 0. The van der Waals surface area contributed by atoms with E-state index in [2.05, 4.69) is 18.7 Å². The first kappa shape index (κ1) is 9.45. The number of hydrogen-bond donors (Lipinski definition) is 0. The van der Waals surface area contributed by atoms with Crippen LogP contribution < -0.4 is 0 Å². The van der Waals surface area contributed by atoms with Gasteiger partial charge in [0.2, 0.25) is 0 Å². The SMILES string of the molecule is [C-]#[N+]CN(C)CCC(C)C. The van der Waals surface area contributed by atoms with Gasteiger partial charge in [0.05, 0.1) is 0 Å². The maximum absolute atomic E-state index is 6.60. The molecule has 0 amide bonds. The van der Waals surface area contributed by atoms with E-state index in [-0.39, 0.29) is 0 Å². The Balaban J connectivity index is 3.23. The predicted octanol–water partition coefficient (Wildman–Crippen LogP) is 1.84. The largest absolute Gasteiger partial charge is 0.299 e. The summed E-state index contributed by atoms with van der Waals surface area (Å²) >= 11 is 0. The summed E-state index contributed by atoms with van der Waals surface area (Å²) in [5.74, 6) is 0.744. The highest BCUT2D eigenvalue weighted by molar-refractivity contribution is 4.59. The van der Waals surface area contributed by atoms with Crippen molar-refractivity contribution in [2.45, 2.75) is 20.3 Å². The molecule has 0 heterocycles. The monoisotopic (exact) mass is 140 g/mol. The zero-order chi connectivity index (χ0) is 7.98. The second-order valence-electron chi connectivity index (χ2n) is 3.06. The Labute approximate surface area is 63.7 Å². The molecule has 2 nitrogen and oxygen atoms in total. The van der Waals surface area contributed by atoms with Gasteiger partial charge in [-0.3, -0.25) is 4.85 Å². The van der Waals surface area contributed by atoms with Crippen LogP contribution in [-0.4, -0.2) is 25.2 Å². The van der Waals surface area contributed by atoms with Crippen molar-refractivity contribution >= 4 is 0 Å². The van der Waals surface area contributed by atoms with Gasteiger partial charge in [-0.2, -0.15) is 0 Å². The van der Waals surface area contributed by atoms with Gasteiger partial charge in [0.25, 0.3) is 6.67 Å². The molecule has 0 aromatic rings. The van der Waals surface area contributed by atoms with Crippen molar-refractivity contribution in [2.75, 3.05) is 20.3 Å². The molecule has 0 spiro atoms. The topological polar surface area (TPSA) is 7.60 Å². The summed E-state index contributed by atoms with van der Waals surface area (Å²) in [6.07, 6.45) is 1.19. The van der Waals surface area contributed by atoms with Crippen molar-refractivity contribution < 1.29 is 0 Å². The average molecular weight is 140 g/mol. The molecule has 0 atom stereocenters. The van der Waals surface area contributed by atoms with Gasteiger partial charge in [-0.1, -0.05) is 13.8 Å². The zero-order valence-electron chi connectivity index (χ0n) is 7.09. The molecule has 0 N–H and O–H groups in total. The van der Waals surface area contributed by atoms with E-state index in [1.54, 1.807) is 0 Å². The molecular formula is C8H16N2. The van der Waals surface area contributed by atoms with Crippen LogP contribution in [-0.2, 0) is 0 Å². The highest BCUT2D eigenvalue weighted by atomic mass is 15.1. The molecule has 0 aliphatic rings. The standard InChI is InChI=1S/C8H16N2/c1-8(2)5-6-10(4)7-9-3/h8H,5-7H2,1-2,4H3. The Bertz CT molecular complexity index is 113.